The first kappa shape index (κ1) is 31.7. The number of unbranched alkanes of at least 4 members (excludes halogenated alkanes) is 8. The van der Waals surface area contributed by atoms with Gasteiger partial charge in [0.05, 0.1) is 25.3 Å². The summed E-state index contributed by atoms with van der Waals surface area (Å²) in [4.78, 5) is 10.9. The summed E-state index contributed by atoms with van der Waals surface area (Å²) < 4.78 is 68.9. The maximum atomic E-state index is 10.9. The minimum absolute atomic E-state index is 0.315. The molecule has 1 aromatic heterocycles. The molecule has 36 heavy (non-hydrogen) atoms. The number of carbonyl (C=O) groups excluding carboxylic acids is 1. The Bertz CT molecular complexity index is 920. The zero-order chi connectivity index (χ0) is 27.1. The van der Waals surface area contributed by atoms with E-state index in [-0.39, 0.29) is 5.97 Å². The summed E-state index contributed by atoms with van der Waals surface area (Å²) in [6.45, 7) is 8.19. The number of rotatable bonds is 15. The van der Waals surface area contributed by atoms with E-state index in [0.717, 1.165) is 25.9 Å². The number of ether oxygens (including phenoxy) is 1. The van der Waals surface area contributed by atoms with Crippen LogP contribution in [0.5, 0.6) is 0 Å². The van der Waals surface area contributed by atoms with E-state index in [2.05, 4.69) is 65.4 Å². The Balaban J connectivity index is 0.000000809. The Morgan fingerprint density at radius 3 is 1.92 bits per heavy atom. The predicted molar refractivity (Wildman–Crippen MR) is 132 cm³/mol. The molecule has 0 radical (unpaired) electrons. The van der Waals surface area contributed by atoms with Crippen molar-refractivity contribution < 1.29 is 39.3 Å². The van der Waals surface area contributed by atoms with Crippen LogP contribution >= 0.6 is 7.81 Å². The van der Waals surface area contributed by atoms with Gasteiger partial charge < -0.3 is 4.74 Å². The summed E-state index contributed by atoms with van der Waals surface area (Å²) in [7, 11) is -10.7. The van der Waals surface area contributed by atoms with Crippen molar-refractivity contribution in [2.24, 2.45) is 0 Å². The van der Waals surface area contributed by atoms with E-state index in [4.69, 9.17) is 4.74 Å². The van der Waals surface area contributed by atoms with Gasteiger partial charge in [0.15, 0.2) is 0 Å². The zero-order valence-electron chi connectivity index (χ0n) is 20.7. The van der Waals surface area contributed by atoms with Gasteiger partial charge in [-0.2, -0.15) is 0 Å². The van der Waals surface area contributed by atoms with E-state index in [1.54, 1.807) is 0 Å². The third-order valence-corrected chi connectivity index (χ3v) is 5.30. The van der Waals surface area contributed by atoms with E-state index in [1.165, 1.54) is 62.4 Å². The molecule has 0 amide bonds. The molecule has 0 saturated heterocycles. The molecule has 1 heterocycles. The second-order valence-electron chi connectivity index (χ2n) is 8.48. The van der Waals surface area contributed by atoms with Gasteiger partial charge in [-0.1, -0.05) is 63.3 Å². The molecule has 0 fully saturated rings. The Morgan fingerprint density at radius 1 is 0.917 bits per heavy atom. The second-order valence-corrected chi connectivity index (χ2v) is 10.4. The van der Waals surface area contributed by atoms with Crippen LogP contribution in [-0.4, -0.2) is 17.1 Å². The molecule has 1 aromatic carbocycles. The summed E-state index contributed by atoms with van der Waals surface area (Å²) >= 11 is 0. The zero-order valence-corrected chi connectivity index (χ0v) is 21.6. The van der Waals surface area contributed by atoms with Crippen molar-refractivity contribution in [3.63, 3.8) is 0 Å². The van der Waals surface area contributed by atoms with Crippen molar-refractivity contribution >= 4 is 13.8 Å². The molecule has 0 bridgehead atoms. The fourth-order valence-electron chi connectivity index (χ4n) is 3.67. The average molecular weight is 543 g/mol. The second kappa shape index (κ2) is 13.8. The number of benzene rings is 1. The molecule has 2 rings (SSSR count). The van der Waals surface area contributed by atoms with Crippen LogP contribution in [0, 0.1) is 0 Å². The van der Waals surface area contributed by atoms with E-state index in [0.29, 0.717) is 6.61 Å². The maximum absolute atomic E-state index is 10.9. The van der Waals surface area contributed by atoms with Crippen LogP contribution in [0.15, 0.2) is 55.4 Å². The van der Waals surface area contributed by atoms with Crippen molar-refractivity contribution in [1.82, 2.24) is 4.57 Å². The Labute approximate surface area is 209 Å². The molecular formula is C25H37F6N2O2P. The quantitative estimate of drug-likeness (QED) is 0.0562. The van der Waals surface area contributed by atoms with Gasteiger partial charge in [0, 0.05) is 6.08 Å². The SMILES string of the molecule is C=CC(=O)OCCCCCCCCCCCn1cc[n+](CC)c1-c1ccccc1.F[P-](F)(F)(F)(F)F. The number of aryl methyl sites for hydroxylation is 2. The van der Waals surface area contributed by atoms with Crippen LogP contribution in [0.25, 0.3) is 11.4 Å². The molecule has 0 unspecified atom stereocenters. The van der Waals surface area contributed by atoms with Crippen LogP contribution < -0.4 is 4.57 Å². The van der Waals surface area contributed by atoms with Gasteiger partial charge in [0.1, 0.15) is 12.4 Å². The molecule has 0 saturated carbocycles. The number of nitrogens with zero attached hydrogens (tertiary/aromatic N) is 2. The summed E-state index contributed by atoms with van der Waals surface area (Å²) in [6, 6.07) is 10.7. The Kier molecular flexibility index (Phi) is 12.2. The standard InChI is InChI=1S/C25H37N2O2.F6P/c1-3-24(28)29-22-16-11-9-7-5-6-8-10-15-19-27-21-20-26(4-2)25(27)23-17-13-12-14-18-23;1-7(2,3,4,5)6/h3,12-14,17-18,20-21H,1,4-11,15-16,19,22H2,2H3;/q+1;-1. The minimum atomic E-state index is -10.7. The molecule has 2 aromatic rings. The number of carbonyl (C=O) groups is 1. The van der Waals surface area contributed by atoms with Crippen LogP contribution in [-0.2, 0) is 22.6 Å². The first-order valence-corrected chi connectivity index (χ1v) is 14.2. The summed E-state index contributed by atoms with van der Waals surface area (Å²) in [5.41, 5.74) is 1.29. The molecule has 0 spiro atoms. The van der Waals surface area contributed by atoms with Crippen LogP contribution in [0.4, 0.5) is 25.2 Å². The topological polar surface area (TPSA) is 35.1 Å². The van der Waals surface area contributed by atoms with E-state index in [1.807, 2.05) is 0 Å². The number of imidazole rings is 1. The number of hydrogen-bond acceptors (Lipinski definition) is 2. The van der Waals surface area contributed by atoms with E-state index < -0.39 is 7.81 Å². The fraction of sp³-hybridized carbons (Fsp3) is 0.520. The van der Waals surface area contributed by atoms with E-state index >= 15 is 0 Å². The van der Waals surface area contributed by atoms with Crippen molar-refractivity contribution in [2.75, 3.05) is 6.61 Å². The first-order chi connectivity index (χ1) is 16.7. The van der Waals surface area contributed by atoms with Crippen molar-refractivity contribution in [1.29, 1.82) is 0 Å². The van der Waals surface area contributed by atoms with Crippen LogP contribution in [0.2, 0.25) is 0 Å². The molecule has 0 aliphatic rings. The molecule has 0 aliphatic heterocycles. The molecule has 0 atom stereocenters. The molecule has 206 valence electrons. The normalized spacial score (nSPS) is 13.2. The van der Waals surface area contributed by atoms with Crippen molar-refractivity contribution in [3.05, 3.63) is 55.4 Å². The molecule has 0 aliphatic carbocycles. The molecule has 0 N–H and O–H groups in total. The van der Waals surface area contributed by atoms with Crippen molar-refractivity contribution in [3.8, 4) is 11.4 Å². The van der Waals surface area contributed by atoms with Gasteiger partial charge in [-0.05, 0) is 38.3 Å². The summed E-state index contributed by atoms with van der Waals surface area (Å²) in [5, 5.41) is 0. The number of halogens is 6. The summed E-state index contributed by atoms with van der Waals surface area (Å²) in [6.07, 6.45) is 16.7. The van der Waals surface area contributed by atoms with Gasteiger partial charge in [-0.3, -0.25) is 0 Å². The van der Waals surface area contributed by atoms with Gasteiger partial charge in [0.25, 0.3) is 5.82 Å². The Morgan fingerprint density at radius 2 is 1.42 bits per heavy atom. The third kappa shape index (κ3) is 17.1. The van der Waals surface area contributed by atoms with Gasteiger partial charge in [-0.15, -0.1) is 0 Å². The monoisotopic (exact) mass is 542 g/mol. The van der Waals surface area contributed by atoms with Gasteiger partial charge >= 0.3 is 39.0 Å². The van der Waals surface area contributed by atoms with Crippen LogP contribution in [0.1, 0.15) is 64.7 Å². The number of aromatic nitrogens is 2. The van der Waals surface area contributed by atoms with Gasteiger partial charge in [-0.25, -0.2) is 13.9 Å². The molecular weight excluding hydrogens is 505 g/mol. The third-order valence-electron chi connectivity index (χ3n) is 5.30. The number of hydrogen-bond donors (Lipinski definition) is 0. The molecule has 4 nitrogen and oxygen atoms in total. The molecule has 11 heteroatoms. The predicted octanol–water partition coefficient (Wildman–Crippen LogP) is 9.09. The van der Waals surface area contributed by atoms with Gasteiger partial charge in [0.2, 0.25) is 0 Å². The van der Waals surface area contributed by atoms with Crippen LogP contribution in [0.3, 0.4) is 0 Å². The van der Waals surface area contributed by atoms with Crippen molar-refractivity contribution in [2.45, 2.75) is 77.8 Å². The first-order valence-electron chi connectivity index (χ1n) is 12.2. The Hall–Kier alpha value is -2.35. The number of esters is 1. The average Bonchev–Trinajstić information content (AvgIpc) is 3.21. The fourth-order valence-corrected chi connectivity index (χ4v) is 3.67. The van der Waals surface area contributed by atoms with E-state index in [9.17, 15) is 30.0 Å². The summed E-state index contributed by atoms with van der Waals surface area (Å²) in [5.74, 6) is 0.997.